The van der Waals surface area contributed by atoms with Crippen LogP contribution in [0.4, 0.5) is 5.13 Å². The summed E-state index contributed by atoms with van der Waals surface area (Å²) in [6.07, 6.45) is 1.24. The summed E-state index contributed by atoms with van der Waals surface area (Å²) in [5.41, 5.74) is 6.48. The smallest absolute Gasteiger partial charge is 0.347 e. The summed E-state index contributed by atoms with van der Waals surface area (Å²) in [6.45, 7) is 0.289. The van der Waals surface area contributed by atoms with Gasteiger partial charge >= 0.3 is 5.69 Å². The first-order chi connectivity index (χ1) is 15.4. The third kappa shape index (κ3) is 4.78. The van der Waals surface area contributed by atoms with Crippen molar-refractivity contribution in [3.63, 3.8) is 0 Å². The van der Waals surface area contributed by atoms with Crippen molar-refractivity contribution < 1.29 is 14.4 Å². The minimum absolute atomic E-state index is 0. The van der Waals surface area contributed by atoms with E-state index in [1.165, 1.54) is 29.7 Å². The average Bonchev–Trinajstić information content (AvgIpc) is 3.33. The van der Waals surface area contributed by atoms with Crippen molar-refractivity contribution in [1.29, 1.82) is 0 Å². The van der Waals surface area contributed by atoms with E-state index < -0.39 is 17.2 Å². The molecule has 0 unspecified atom stereocenters. The van der Waals surface area contributed by atoms with Gasteiger partial charge < -0.3 is 15.9 Å². The number of thiazole rings is 1. The zero-order valence-electron chi connectivity index (χ0n) is 17.1. The first-order valence-corrected chi connectivity index (χ1v) is 10.1. The fraction of sp³-hybridized carbons (Fsp3) is 0.158. The average molecular weight is 492 g/mol. The molecule has 0 fully saturated rings. The summed E-state index contributed by atoms with van der Waals surface area (Å²) in [4.78, 5) is 59.5. The second kappa shape index (κ2) is 9.67. The topological polar surface area (TPSA) is 165 Å². The van der Waals surface area contributed by atoms with E-state index in [4.69, 9.17) is 10.6 Å². The van der Waals surface area contributed by atoms with E-state index in [1.807, 2.05) is 0 Å². The summed E-state index contributed by atoms with van der Waals surface area (Å²) in [7, 11) is 1.32. The molecule has 3 aromatic rings. The van der Waals surface area contributed by atoms with Gasteiger partial charge in [-0.15, -0.1) is 23.7 Å². The molecule has 12 nitrogen and oxygen atoms in total. The SMILES string of the molecule is CO/N=C(/C(=O)NCc1ccc2c(c1)CN(n1ccc(=O)[nH]c1=O)C2=O)c1csc(N)n1.Cl. The quantitative estimate of drug-likeness (QED) is 0.321. The zero-order valence-corrected chi connectivity index (χ0v) is 18.7. The fourth-order valence-electron chi connectivity index (χ4n) is 3.20. The number of carbonyl (C=O) groups excluding carboxylic acids is 2. The number of halogens is 1. The van der Waals surface area contributed by atoms with Gasteiger partial charge in [0.2, 0.25) is 0 Å². The lowest BCUT2D eigenvalue weighted by molar-refractivity contribution is -0.115. The second-order valence-electron chi connectivity index (χ2n) is 6.69. The van der Waals surface area contributed by atoms with Crippen LogP contribution < -0.4 is 27.3 Å². The Bertz CT molecular complexity index is 1360. The maximum atomic E-state index is 12.7. The Morgan fingerprint density at radius 1 is 1.33 bits per heavy atom. The molecule has 0 atom stereocenters. The zero-order chi connectivity index (χ0) is 22.8. The van der Waals surface area contributed by atoms with Crippen LogP contribution in [0, 0.1) is 0 Å². The van der Waals surface area contributed by atoms with Crippen molar-refractivity contribution in [3.8, 4) is 0 Å². The van der Waals surface area contributed by atoms with Crippen molar-refractivity contribution in [2.24, 2.45) is 5.16 Å². The van der Waals surface area contributed by atoms with E-state index in [1.54, 1.807) is 23.6 Å². The van der Waals surface area contributed by atoms with Crippen LogP contribution in [-0.4, -0.2) is 39.3 Å². The van der Waals surface area contributed by atoms with Gasteiger partial charge in [0.05, 0.1) is 6.54 Å². The van der Waals surface area contributed by atoms with E-state index in [0.717, 1.165) is 16.3 Å². The molecule has 1 aliphatic rings. The minimum atomic E-state index is -0.709. The Morgan fingerprint density at radius 2 is 2.12 bits per heavy atom. The van der Waals surface area contributed by atoms with Crippen LogP contribution in [0.2, 0.25) is 0 Å². The largest absolute Gasteiger partial charge is 0.398 e. The van der Waals surface area contributed by atoms with Crippen LogP contribution in [-0.2, 0) is 22.7 Å². The van der Waals surface area contributed by atoms with E-state index in [0.29, 0.717) is 22.0 Å². The highest BCUT2D eigenvalue weighted by atomic mass is 35.5. The number of aromatic nitrogens is 3. The van der Waals surface area contributed by atoms with E-state index in [2.05, 4.69) is 20.4 Å². The number of benzene rings is 1. The van der Waals surface area contributed by atoms with Gasteiger partial charge in [0.1, 0.15) is 12.8 Å². The Kier molecular flexibility index (Phi) is 6.94. The molecule has 0 saturated carbocycles. The number of nitrogens with one attached hydrogen (secondary N) is 2. The standard InChI is InChI=1S/C19H17N7O5S.ClH/c1-31-24-15(13-9-32-18(20)22-13)16(28)21-7-10-2-3-12-11(6-10)8-26(17(12)29)25-5-4-14(27)23-19(25)30;/h2-6,9H,7-8H2,1H3,(H2,20,22)(H,21,28)(H,23,27,30);1H/b24-15+;. The molecule has 0 aliphatic carbocycles. The van der Waals surface area contributed by atoms with Gasteiger partial charge in [-0.3, -0.25) is 19.4 Å². The van der Waals surface area contributed by atoms with Gasteiger partial charge in [-0.05, 0) is 17.2 Å². The predicted octanol–water partition coefficient (Wildman–Crippen LogP) is -0.0440. The highest BCUT2D eigenvalue weighted by molar-refractivity contribution is 7.13. The van der Waals surface area contributed by atoms with Crippen molar-refractivity contribution in [3.05, 3.63) is 79.1 Å². The number of hydrogen-bond acceptors (Lipinski definition) is 9. The molecule has 1 aromatic carbocycles. The van der Waals surface area contributed by atoms with Gasteiger partial charge in [0.15, 0.2) is 10.8 Å². The number of anilines is 1. The van der Waals surface area contributed by atoms with Crippen LogP contribution in [0.1, 0.15) is 27.2 Å². The molecule has 2 aromatic heterocycles. The normalized spacial score (nSPS) is 12.8. The Hall–Kier alpha value is -3.97. The number of fused-ring (bicyclic) bond motifs is 1. The number of nitrogens with two attached hydrogens (primary N) is 1. The number of nitrogen functional groups attached to an aromatic ring is 1. The van der Waals surface area contributed by atoms with Crippen molar-refractivity contribution in [2.45, 2.75) is 13.1 Å². The molecule has 2 amide bonds. The van der Waals surface area contributed by atoms with Gasteiger partial charge in [-0.1, -0.05) is 17.3 Å². The van der Waals surface area contributed by atoms with E-state index in [-0.39, 0.29) is 37.1 Å². The van der Waals surface area contributed by atoms with Crippen LogP contribution in [0.25, 0.3) is 0 Å². The lowest BCUT2D eigenvalue weighted by Crippen LogP contribution is -2.44. The number of amides is 2. The molecule has 14 heteroatoms. The number of nitrogens with zero attached hydrogens (tertiary/aromatic N) is 4. The molecule has 1 aliphatic heterocycles. The van der Waals surface area contributed by atoms with Crippen LogP contribution in [0.5, 0.6) is 0 Å². The first-order valence-electron chi connectivity index (χ1n) is 9.24. The number of carbonyl (C=O) groups is 2. The lowest BCUT2D eigenvalue weighted by atomic mass is 10.1. The predicted molar refractivity (Wildman–Crippen MR) is 123 cm³/mol. The third-order valence-corrected chi connectivity index (χ3v) is 5.31. The molecule has 0 saturated heterocycles. The lowest BCUT2D eigenvalue weighted by Gasteiger charge is -2.16. The summed E-state index contributed by atoms with van der Waals surface area (Å²) >= 11 is 1.17. The highest BCUT2D eigenvalue weighted by Crippen LogP contribution is 2.22. The molecule has 172 valence electrons. The van der Waals surface area contributed by atoms with E-state index >= 15 is 0 Å². The molecule has 0 radical (unpaired) electrons. The molecule has 0 bridgehead atoms. The molecule has 0 spiro atoms. The number of H-pyrrole nitrogens is 1. The third-order valence-electron chi connectivity index (χ3n) is 4.64. The van der Waals surface area contributed by atoms with Gasteiger partial charge in [-0.2, -0.15) is 0 Å². The molecule has 4 rings (SSSR count). The van der Waals surface area contributed by atoms with Crippen molar-refractivity contribution >= 4 is 46.4 Å². The fourth-order valence-corrected chi connectivity index (χ4v) is 3.75. The minimum Gasteiger partial charge on any atom is -0.398 e. The number of hydrogen-bond donors (Lipinski definition) is 3. The summed E-state index contributed by atoms with van der Waals surface area (Å²) < 4.78 is 1.05. The maximum Gasteiger partial charge on any atom is 0.347 e. The Labute approximate surface area is 196 Å². The van der Waals surface area contributed by atoms with Crippen molar-refractivity contribution in [1.82, 2.24) is 20.0 Å². The Balaban J connectivity index is 0.00000306. The summed E-state index contributed by atoms with van der Waals surface area (Å²) in [5, 5.41) is 9.58. The highest BCUT2D eigenvalue weighted by Gasteiger charge is 2.29. The summed E-state index contributed by atoms with van der Waals surface area (Å²) in [6, 6.07) is 6.25. The Morgan fingerprint density at radius 3 is 2.79 bits per heavy atom. The first kappa shape index (κ1) is 23.7. The van der Waals surface area contributed by atoms with Gasteiger partial charge in [-0.25, -0.2) is 19.5 Å². The molecule has 4 N–H and O–H groups in total. The number of aromatic amines is 1. The molecular weight excluding hydrogens is 474 g/mol. The molecule has 33 heavy (non-hydrogen) atoms. The number of rotatable bonds is 6. The van der Waals surface area contributed by atoms with E-state index in [9.17, 15) is 19.2 Å². The van der Waals surface area contributed by atoms with Crippen LogP contribution in [0.15, 0.2) is 50.6 Å². The van der Waals surface area contributed by atoms with Crippen LogP contribution in [0.3, 0.4) is 0 Å². The molecular formula is C19H18ClN7O5S. The van der Waals surface area contributed by atoms with Gasteiger partial charge in [0, 0.05) is 29.8 Å². The molecule has 3 heterocycles. The van der Waals surface area contributed by atoms with Gasteiger partial charge in [0.25, 0.3) is 17.4 Å². The van der Waals surface area contributed by atoms with Crippen molar-refractivity contribution in [2.75, 3.05) is 17.9 Å². The monoisotopic (exact) mass is 491 g/mol. The second-order valence-corrected chi connectivity index (χ2v) is 7.57. The summed E-state index contributed by atoms with van der Waals surface area (Å²) in [5.74, 6) is -0.879. The van der Waals surface area contributed by atoms with Crippen LogP contribution >= 0.6 is 23.7 Å². The maximum absolute atomic E-state index is 12.7. The number of oxime groups is 1.